The van der Waals surface area contributed by atoms with Gasteiger partial charge >= 0.3 is 12.1 Å². The summed E-state index contributed by atoms with van der Waals surface area (Å²) in [6, 6.07) is 11.5. The second-order valence-corrected chi connectivity index (χ2v) is 9.36. The summed E-state index contributed by atoms with van der Waals surface area (Å²) >= 11 is 1.34. The van der Waals surface area contributed by atoms with Crippen molar-refractivity contribution in [1.29, 1.82) is 0 Å². The van der Waals surface area contributed by atoms with Crippen LogP contribution in [-0.2, 0) is 27.0 Å². The summed E-state index contributed by atoms with van der Waals surface area (Å²) in [5.41, 5.74) is 1.86. The fourth-order valence-corrected chi connectivity index (χ4v) is 5.26. The van der Waals surface area contributed by atoms with Gasteiger partial charge in [0.25, 0.3) is 0 Å². The Kier molecular flexibility index (Phi) is 8.15. The second kappa shape index (κ2) is 11.3. The molecule has 11 heteroatoms. The van der Waals surface area contributed by atoms with E-state index in [1.165, 1.54) is 31.0 Å². The lowest BCUT2D eigenvalue weighted by molar-refractivity contribution is -0.138. The number of methoxy groups -OCH3 is 2. The van der Waals surface area contributed by atoms with Crippen molar-refractivity contribution in [3.05, 3.63) is 87.6 Å². The van der Waals surface area contributed by atoms with Gasteiger partial charge in [0.2, 0.25) is 5.91 Å². The first-order chi connectivity index (χ1) is 18.2. The van der Waals surface area contributed by atoms with Crippen LogP contribution in [0.3, 0.4) is 0 Å². The molecule has 4 rings (SSSR count). The molecule has 0 fully saturated rings. The molecular weight excluding hydrogens is 519 g/mol. The van der Waals surface area contributed by atoms with Crippen molar-refractivity contribution >= 4 is 28.8 Å². The van der Waals surface area contributed by atoms with E-state index in [4.69, 9.17) is 9.47 Å². The van der Waals surface area contributed by atoms with Crippen molar-refractivity contribution < 1.29 is 32.2 Å². The molecule has 0 aliphatic carbocycles. The molecule has 0 spiro atoms. The zero-order valence-electron chi connectivity index (χ0n) is 21.0. The van der Waals surface area contributed by atoms with Gasteiger partial charge in [0.15, 0.2) is 5.17 Å². The lowest BCUT2D eigenvalue weighted by Gasteiger charge is -2.36. The number of rotatable bonds is 8. The molecule has 0 radical (unpaired) electrons. The number of esters is 1. The number of nitrogens with one attached hydrogen (secondary N) is 1. The van der Waals surface area contributed by atoms with Crippen molar-refractivity contribution in [2.24, 2.45) is 4.99 Å². The van der Waals surface area contributed by atoms with Crippen LogP contribution in [0.25, 0.3) is 0 Å². The monoisotopic (exact) mass is 545 g/mol. The first-order valence-corrected chi connectivity index (χ1v) is 12.7. The quantitative estimate of drug-likeness (QED) is 0.438. The number of carbonyl (C=O) groups excluding carboxylic acids is 2. The maximum atomic E-state index is 13.0. The Labute approximate surface area is 222 Å². The number of fused-ring (bicyclic) bond motifs is 1. The maximum Gasteiger partial charge on any atom is 0.416 e. The Bertz CT molecular complexity index is 1340. The molecular formula is C27H26F3N3O4S. The highest BCUT2D eigenvalue weighted by molar-refractivity contribution is 8.16. The van der Waals surface area contributed by atoms with Crippen molar-refractivity contribution in [2.75, 3.05) is 14.2 Å². The van der Waals surface area contributed by atoms with E-state index in [9.17, 15) is 22.8 Å². The third-order valence-electron chi connectivity index (χ3n) is 6.12. The van der Waals surface area contributed by atoms with Crippen molar-refractivity contribution in [3.63, 3.8) is 0 Å². The zero-order chi connectivity index (χ0) is 27.4. The molecule has 0 unspecified atom stereocenters. The van der Waals surface area contributed by atoms with Gasteiger partial charge in [-0.2, -0.15) is 13.2 Å². The fourth-order valence-electron chi connectivity index (χ4n) is 4.32. The molecule has 1 atom stereocenters. The van der Waals surface area contributed by atoms with E-state index in [-0.39, 0.29) is 18.9 Å². The lowest BCUT2D eigenvalue weighted by atomic mass is 9.92. The van der Waals surface area contributed by atoms with E-state index in [1.54, 1.807) is 18.6 Å². The van der Waals surface area contributed by atoms with Crippen LogP contribution in [0.15, 0.2) is 75.9 Å². The van der Waals surface area contributed by atoms with E-state index in [1.807, 2.05) is 30.0 Å². The van der Waals surface area contributed by atoms with Crippen LogP contribution in [0.5, 0.6) is 5.75 Å². The summed E-state index contributed by atoms with van der Waals surface area (Å²) in [6.45, 7) is 1.84. The molecule has 2 aromatic rings. The molecule has 1 amide bonds. The molecule has 2 heterocycles. The van der Waals surface area contributed by atoms with Gasteiger partial charge in [-0.3, -0.25) is 4.79 Å². The number of thioether (sulfide) groups is 1. The van der Waals surface area contributed by atoms with Crippen LogP contribution in [0.4, 0.5) is 13.2 Å². The molecule has 7 nitrogen and oxygen atoms in total. The van der Waals surface area contributed by atoms with Gasteiger partial charge in [-0.25, -0.2) is 9.79 Å². The molecule has 0 aromatic heterocycles. The summed E-state index contributed by atoms with van der Waals surface area (Å²) in [4.78, 5) is 32.4. The average Bonchev–Trinajstić information content (AvgIpc) is 3.32. The van der Waals surface area contributed by atoms with Crippen LogP contribution >= 0.6 is 11.8 Å². The number of amidine groups is 1. The van der Waals surface area contributed by atoms with Crippen molar-refractivity contribution in [2.45, 2.75) is 38.5 Å². The number of aliphatic imine (C=N–C) groups is 1. The zero-order valence-corrected chi connectivity index (χ0v) is 21.8. The average molecular weight is 546 g/mol. The van der Waals surface area contributed by atoms with Gasteiger partial charge in [0.1, 0.15) is 5.75 Å². The normalized spacial score (nSPS) is 17.0. The van der Waals surface area contributed by atoms with Gasteiger partial charge < -0.3 is 19.7 Å². The van der Waals surface area contributed by atoms with Gasteiger partial charge in [-0.05, 0) is 47.2 Å². The Morgan fingerprint density at radius 3 is 2.58 bits per heavy atom. The summed E-state index contributed by atoms with van der Waals surface area (Å²) in [6.07, 6.45) is -4.04. The standard InChI is InChI=1S/C27H26F3N3O4S/c1-4-21-23(25(35)37-3)24(17-8-6-10-20(12-17)36-2)33-19(15-38-26(33)32-21)13-22(34)31-14-16-7-5-9-18(11-16)27(28,29)30/h5-12,15,24H,4,13-14H2,1-3H3,(H,31,34)/t24-/m0/s1. The Morgan fingerprint density at radius 2 is 1.89 bits per heavy atom. The number of benzene rings is 2. The fraction of sp³-hybridized carbons (Fsp3) is 0.296. The van der Waals surface area contributed by atoms with Crippen molar-refractivity contribution in [1.82, 2.24) is 10.2 Å². The molecule has 1 N–H and O–H groups in total. The minimum atomic E-state index is -4.47. The molecule has 2 aliphatic heterocycles. The largest absolute Gasteiger partial charge is 0.497 e. The summed E-state index contributed by atoms with van der Waals surface area (Å²) < 4.78 is 49.6. The van der Waals surface area contributed by atoms with E-state index in [0.29, 0.717) is 39.9 Å². The van der Waals surface area contributed by atoms with Crippen LogP contribution in [-0.4, -0.2) is 36.2 Å². The number of hydrogen-bond donors (Lipinski definition) is 1. The predicted octanol–water partition coefficient (Wildman–Crippen LogP) is 5.56. The van der Waals surface area contributed by atoms with E-state index in [2.05, 4.69) is 10.3 Å². The van der Waals surface area contributed by atoms with Gasteiger partial charge in [-0.15, -0.1) is 0 Å². The molecule has 2 aliphatic rings. The van der Waals surface area contributed by atoms with Gasteiger partial charge in [0.05, 0.1) is 43.5 Å². The Hall–Kier alpha value is -3.73. The maximum absolute atomic E-state index is 13.0. The van der Waals surface area contributed by atoms with Crippen LogP contribution in [0.1, 0.15) is 42.5 Å². The predicted molar refractivity (Wildman–Crippen MR) is 138 cm³/mol. The first-order valence-electron chi connectivity index (χ1n) is 11.8. The number of halogens is 3. The van der Waals surface area contributed by atoms with Crippen LogP contribution < -0.4 is 10.1 Å². The van der Waals surface area contributed by atoms with E-state index < -0.39 is 23.8 Å². The smallest absolute Gasteiger partial charge is 0.416 e. The minimum Gasteiger partial charge on any atom is -0.497 e. The van der Waals surface area contributed by atoms with Gasteiger partial charge in [0, 0.05) is 12.2 Å². The number of hydrogen-bond acceptors (Lipinski definition) is 7. The summed E-state index contributed by atoms with van der Waals surface area (Å²) in [5, 5.41) is 5.10. The third kappa shape index (κ3) is 5.72. The minimum absolute atomic E-state index is 0.0588. The highest BCUT2D eigenvalue weighted by Crippen LogP contribution is 2.45. The summed E-state index contributed by atoms with van der Waals surface area (Å²) in [7, 11) is 2.86. The highest BCUT2D eigenvalue weighted by Gasteiger charge is 2.41. The molecule has 0 saturated heterocycles. The highest BCUT2D eigenvalue weighted by atomic mass is 32.2. The lowest BCUT2D eigenvalue weighted by Crippen LogP contribution is -2.38. The third-order valence-corrected chi connectivity index (χ3v) is 7.01. The summed E-state index contributed by atoms with van der Waals surface area (Å²) in [5.74, 6) is -0.308. The number of nitrogens with zero attached hydrogens (tertiary/aromatic N) is 2. The molecule has 0 bridgehead atoms. The van der Waals surface area contributed by atoms with Crippen molar-refractivity contribution in [3.8, 4) is 5.75 Å². The number of amides is 1. The molecule has 200 valence electrons. The van der Waals surface area contributed by atoms with E-state index in [0.717, 1.165) is 17.7 Å². The number of carbonyl (C=O) groups is 2. The Balaban J connectivity index is 1.59. The second-order valence-electron chi connectivity index (χ2n) is 8.53. The van der Waals surface area contributed by atoms with Crippen LogP contribution in [0.2, 0.25) is 0 Å². The molecule has 2 aromatic carbocycles. The number of allylic oxidation sites excluding steroid dienone is 1. The topological polar surface area (TPSA) is 80.2 Å². The molecule has 0 saturated carbocycles. The number of alkyl halides is 3. The van der Waals surface area contributed by atoms with Gasteiger partial charge in [-0.1, -0.05) is 43.0 Å². The molecule has 38 heavy (non-hydrogen) atoms. The Morgan fingerprint density at radius 1 is 1.13 bits per heavy atom. The first kappa shape index (κ1) is 27.3. The number of ether oxygens (including phenoxy) is 2. The van der Waals surface area contributed by atoms with Crippen LogP contribution in [0, 0.1) is 0 Å². The van der Waals surface area contributed by atoms with E-state index >= 15 is 0 Å². The SMILES string of the molecule is CCC1=C(C(=O)OC)[C@H](c2cccc(OC)c2)N2C(CC(=O)NCc3cccc(C(F)(F)F)c3)=CSC2=N1.